The number of aromatic nitrogens is 2. The van der Waals surface area contributed by atoms with E-state index in [2.05, 4.69) is 43.9 Å². The Labute approximate surface area is 199 Å². The van der Waals surface area contributed by atoms with Crippen molar-refractivity contribution in [1.29, 1.82) is 0 Å². The lowest BCUT2D eigenvalue weighted by Gasteiger charge is -2.27. The standard InChI is InChI=1S/C23H34N8O3/c1-12(2)30-19-20(25-16-9-10-18(32)17(11-16)22(33)34)27-23(26-15-7-5-14(24)6-8-15)28-21(19)31(29-30)13(3)4/h9-15,29,32H,5-8,24H2,1-4H3,(H,33,34)(H2,25,26,27,28). The summed E-state index contributed by atoms with van der Waals surface area (Å²) in [5, 5.41) is 30.0. The summed E-state index contributed by atoms with van der Waals surface area (Å²) in [7, 11) is 0. The van der Waals surface area contributed by atoms with Crippen molar-refractivity contribution in [1.82, 2.24) is 15.5 Å². The van der Waals surface area contributed by atoms with E-state index >= 15 is 0 Å². The molecule has 1 fully saturated rings. The molecular weight excluding hydrogens is 436 g/mol. The van der Waals surface area contributed by atoms with Crippen molar-refractivity contribution in [2.45, 2.75) is 77.5 Å². The number of aromatic carboxylic acids is 1. The monoisotopic (exact) mass is 470 g/mol. The second-order valence-electron chi connectivity index (χ2n) is 9.51. The van der Waals surface area contributed by atoms with Gasteiger partial charge in [0, 0.05) is 29.9 Å². The van der Waals surface area contributed by atoms with Gasteiger partial charge in [-0.05, 0) is 71.6 Å². The van der Waals surface area contributed by atoms with Gasteiger partial charge in [0.15, 0.2) is 11.6 Å². The summed E-state index contributed by atoms with van der Waals surface area (Å²) in [5.41, 5.74) is 10.5. The van der Waals surface area contributed by atoms with Crippen LogP contribution in [-0.2, 0) is 0 Å². The average molecular weight is 471 g/mol. The van der Waals surface area contributed by atoms with Crippen molar-refractivity contribution >= 4 is 34.9 Å². The molecule has 0 spiro atoms. The second kappa shape index (κ2) is 9.51. The van der Waals surface area contributed by atoms with Crippen molar-refractivity contribution in [3.63, 3.8) is 0 Å². The van der Waals surface area contributed by atoms with Gasteiger partial charge in [0.2, 0.25) is 5.95 Å². The first kappa shape index (κ1) is 23.8. The molecule has 1 aromatic heterocycles. The maximum Gasteiger partial charge on any atom is 0.339 e. The Hall–Kier alpha value is -3.31. The zero-order valence-corrected chi connectivity index (χ0v) is 20.0. The number of hydrogen-bond donors (Lipinski definition) is 6. The van der Waals surface area contributed by atoms with Crippen LogP contribution in [0.2, 0.25) is 0 Å². The van der Waals surface area contributed by atoms with Crippen LogP contribution in [0.5, 0.6) is 5.75 Å². The number of phenols is 1. The van der Waals surface area contributed by atoms with Gasteiger partial charge in [-0.15, -0.1) is 5.53 Å². The van der Waals surface area contributed by atoms with Crippen molar-refractivity contribution in [3.05, 3.63) is 23.8 Å². The van der Waals surface area contributed by atoms with E-state index in [0.29, 0.717) is 17.5 Å². The Kier molecular flexibility index (Phi) is 6.67. The lowest BCUT2D eigenvalue weighted by atomic mass is 9.92. The van der Waals surface area contributed by atoms with Crippen molar-refractivity contribution in [3.8, 4) is 5.75 Å². The molecule has 0 saturated heterocycles. The van der Waals surface area contributed by atoms with Crippen LogP contribution in [0, 0.1) is 0 Å². The first-order valence-corrected chi connectivity index (χ1v) is 11.8. The summed E-state index contributed by atoms with van der Waals surface area (Å²) in [6, 6.07) is 5.07. The number of hydrogen-bond acceptors (Lipinski definition) is 10. The number of carboxylic acids is 1. The van der Waals surface area contributed by atoms with Gasteiger partial charge in [0.05, 0.1) is 0 Å². The fraction of sp³-hybridized carbons (Fsp3) is 0.522. The molecule has 1 aliphatic heterocycles. The number of rotatable bonds is 7. The van der Waals surface area contributed by atoms with Crippen molar-refractivity contribution in [2.75, 3.05) is 20.7 Å². The third-order valence-corrected chi connectivity index (χ3v) is 6.18. The predicted molar refractivity (Wildman–Crippen MR) is 133 cm³/mol. The molecule has 34 heavy (non-hydrogen) atoms. The second-order valence-corrected chi connectivity index (χ2v) is 9.51. The zero-order valence-electron chi connectivity index (χ0n) is 20.0. The molecule has 1 aliphatic carbocycles. The van der Waals surface area contributed by atoms with Gasteiger partial charge in [0.25, 0.3) is 0 Å². The Balaban J connectivity index is 1.75. The van der Waals surface area contributed by atoms with Crippen LogP contribution in [0.25, 0.3) is 0 Å². The topological polar surface area (TPSA) is 152 Å². The van der Waals surface area contributed by atoms with Crippen molar-refractivity contribution < 1.29 is 15.0 Å². The minimum absolute atomic E-state index is 0.0969. The van der Waals surface area contributed by atoms with Crippen LogP contribution in [0.1, 0.15) is 63.7 Å². The van der Waals surface area contributed by atoms with E-state index in [9.17, 15) is 15.0 Å². The van der Waals surface area contributed by atoms with Crippen LogP contribution < -0.4 is 31.9 Å². The van der Waals surface area contributed by atoms with E-state index in [1.165, 1.54) is 12.1 Å². The molecule has 0 atom stereocenters. The lowest BCUT2D eigenvalue weighted by Crippen LogP contribution is -2.50. The van der Waals surface area contributed by atoms with Crippen LogP contribution in [0.15, 0.2) is 18.2 Å². The molecule has 4 rings (SSSR count). The number of anilines is 5. The van der Waals surface area contributed by atoms with Gasteiger partial charge < -0.3 is 26.6 Å². The molecule has 7 N–H and O–H groups in total. The highest BCUT2D eigenvalue weighted by molar-refractivity contribution is 5.93. The van der Waals surface area contributed by atoms with Gasteiger partial charge in [0.1, 0.15) is 17.0 Å². The largest absolute Gasteiger partial charge is 0.507 e. The maximum atomic E-state index is 11.5. The first-order valence-electron chi connectivity index (χ1n) is 11.8. The van der Waals surface area contributed by atoms with Crippen molar-refractivity contribution in [2.24, 2.45) is 5.73 Å². The number of nitrogens with one attached hydrogen (secondary N) is 3. The predicted octanol–water partition coefficient (Wildman–Crippen LogP) is 3.17. The molecule has 2 aliphatic rings. The molecule has 11 heteroatoms. The number of aromatic hydroxyl groups is 1. The highest BCUT2D eigenvalue weighted by Gasteiger charge is 2.35. The molecule has 2 heterocycles. The van der Waals surface area contributed by atoms with Crippen LogP contribution in [0.4, 0.5) is 29.0 Å². The fourth-order valence-corrected chi connectivity index (χ4v) is 4.30. The molecule has 2 aromatic rings. The number of nitrogens with zero attached hydrogens (tertiary/aromatic N) is 4. The third-order valence-electron chi connectivity index (χ3n) is 6.18. The summed E-state index contributed by atoms with van der Waals surface area (Å²) >= 11 is 0. The van der Waals surface area contributed by atoms with E-state index in [1.807, 2.05) is 10.0 Å². The molecule has 0 radical (unpaired) electrons. The van der Waals surface area contributed by atoms with E-state index in [-0.39, 0.29) is 35.5 Å². The van der Waals surface area contributed by atoms with Gasteiger partial charge >= 0.3 is 5.97 Å². The van der Waals surface area contributed by atoms with Crippen LogP contribution >= 0.6 is 0 Å². The van der Waals surface area contributed by atoms with E-state index < -0.39 is 5.97 Å². The van der Waals surface area contributed by atoms with E-state index in [1.54, 1.807) is 6.07 Å². The Morgan fingerprint density at radius 3 is 2.41 bits per heavy atom. The molecule has 0 unspecified atom stereocenters. The molecule has 184 valence electrons. The number of nitrogens with two attached hydrogens (primary N) is 1. The minimum atomic E-state index is -1.21. The molecule has 0 amide bonds. The molecule has 1 saturated carbocycles. The summed E-state index contributed by atoms with van der Waals surface area (Å²) in [6.45, 7) is 8.27. The number of carbonyl (C=O) groups is 1. The normalized spacial score (nSPS) is 20.1. The number of hydrazine groups is 2. The Morgan fingerprint density at radius 2 is 1.79 bits per heavy atom. The highest BCUT2D eigenvalue weighted by atomic mass is 16.4. The molecule has 11 nitrogen and oxygen atoms in total. The average Bonchev–Trinajstić information content (AvgIpc) is 3.17. The van der Waals surface area contributed by atoms with E-state index in [4.69, 9.17) is 15.7 Å². The molecular formula is C23H34N8O3. The third kappa shape index (κ3) is 4.80. The fourth-order valence-electron chi connectivity index (χ4n) is 4.30. The number of fused-ring (bicyclic) bond motifs is 1. The van der Waals surface area contributed by atoms with Gasteiger partial charge in [-0.2, -0.15) is 9.97 Å². The zero-order chi connectivity index (χ0) is 24.6. The molecule has 1 aromatic carbocycles. The van der Waals surface area contributed by atoms with Crippen LogP contribution in [0.3, 0.4) is 0 Å². The number of benzene rings is 1. The first-order chi connectivity index (χ1) is 16.1. The maximum absolute atomic E-state index is 11.5. The Bertz CT molecular complexity index is 1050. The molecule has 0 bridgehead atoms. The minimum Gasteiger partial charge on any atom is -0.507 e. The highest BCUT2D eigenvalue weighted by Crippen LogP contribution is 2.41. The Morgan fingerprint density at radius 1 is 1.12 bits per heavy atom. The lowest BCUT2D eigenvalue weighted by molar-refractivity contribution is 0.0694. The van der Waals surface area contributed by atoms with E-state index in [0.717, 1.165) is 37.2 Å². The quantitative estimate of drug-likeness (QED) is 0.331. The van der Waals surface area contributed by atoms with Gasteiger partial charge in [-0.3, -0.25) is 10.0 Å². The summed E-state index contributed by atoms with van der Waals surface area (Å²) in [5.74, 6) is 0.264. The van der Waals surface area contributed by atoms with Gasteiger partial charge in [-0.1, -0.05) is 0 Å². The van der Waals surface area contributed by atoms with Crippen LogP contribution in [-0.4, -0.2) is 50.3 Å². The number of carboxylic acid groups (broad SMARTS) is 1. The SMILES string of the molecule is CC(C)N1NN(C(C)C)c2c(Nc3ccc(O)c(C(=O)O)c3)nc(NC3CCC(N)CC3)nc21. The summed E-state index contributed by atoms with van der Waals surface area (Å²) in [6.07, 6.45) is 3.82. The summed E-state index contributed by atoms with van der Waals surface area (Å²) < 4.78 is 0. The van der Waals surface area contributed by atoms with Gasteiger partial charge in [-0.25, -0.2) is 4.79 Å². The smallest absolute Gasteiger partial charge is 0.339 e. The summed E-state index contributed by atoms with van der Waals surface area (Å²) in [4.78, 5) is 21.2.